The fraction of sp³-hybridized carbons (Fsp3) is 0.100. The molecule has 1 aromatic heterocycles. The lowest BCUT2D eigenvalue weighted by Gasteiger charge is -2.28. The Hall–Kier alpha value is -3.81. The number of anilines is 2. The highest BCUT2D eigenvalue weighted by atomic mass is 19.1. The summed E-state index contributed by atoms with van der Waals surface area (Å²) in [6.07, 6.45) is 0.933. The fourth-order valence-corrected chi connectivity index (χ4v) is 2.87. The van der Waals surface area contributed by atoms with E-state index in [0.717, 1.165) is 11.1 Å². The third-order valence-electron chi connectivity index (χ3n) is 4.32. The average Bonchev–Trinajstić information content (AvgIpc) is 2.67. The Kier molecular flexibility index (Phi) is 4.44. The number of carbonyl (C=O) groups is 1. The predicted molar refractivity (Wildman–Crippen MR) is 101 cm³/mol. The zero-order valence-electron chi connectivity index (χ0n) is 14.8. The number of fused-ring (bicyclic) bond motifs is 1. The molecule has 1 aliphatic rings. The molecule has 2 aromatic carbocycles. The zero-order valence-corrected chi connectivity index (χ0v) is 14.8. The molecule has 3 aromatic rings. The van der Waals surface area contributed by atoms with Gasteiger partial charge < -0.3 is 20.9 Å². The van der Waals surface area contributed by atoms with E-state index in [0.29, 0.717) is 36.0 Å². The van der Waals surface area contributed by atoms with Crippen molar-refractivity contribution in [1.29, 1.82) is 0 Å². The topological polar surface area (TPSA) is 104 Å². The van der Waals surface area contributed by atoms with Crippen LogP contribution < -0.4 is 20.9 Å². The summed E-state index contributed by atoms with van der Waals surface area (Å²) in [6.45, 7) is 0.691. The number of hydrogen-bond acceptors (Lipinski definition) is 6. The summed E-state index contributed by atoms with van der Waals surface area (Å²) in [6, 6.07) is 13.0. The highest BCUT2D eigenvalue weighted by Gasteiger charge is 2.25. The number of ether oxygens (including phenoxy) is 2. The fourth-order valence-electron chi connectivity index (χ4n) is 2.87. The lowest BCUT2D eigenvalue weighted by molar-refractivity contribution is 0.135. The molecule has 4 rings (SSSR count). The third-order valence-corrected chi connectivity index (χ3v) is 4.32. The van der Waals surface area contributed by atoms with Crippen LogP contribution in [-0.2, 0) is 13.1 Å². The molecular weight excluding hydrogens is 363 g/mol. The first-order chi connectivity index (χ1) is 13.5. The Balaban J connectivity index is 1.51. The van der Waals surface area contributed by atoms with E-state index in [2.05, 4.69) is 4.98 Å². The van der Waals surface area contributed by atoms with Crippen LogP contribution in [0.5, 0.6) is 17.4 Å². The number of aromatic nitrogens is 1. The minimum Gasteiger partial charge on any atom is -0.436 e. The van der Waals surface area contributed by atoms with Crippen molar-refractivity contribution in [2.75, 3.05) is 11.5 Å². The van der Waals surface area contributed by atoms with E-state index in [1.807, 2.05) is 6.07 Å². The zero-order chi connectivity index (χ0) is 19.7. The third kappa shape index (κ3) is 3.52. The SMILES string of the molecule is Nc1ccc(CN2Cc3ccc(Oc4ncccc4F)cc3OC2=O)cc1N. The second-order valence-corrected chi connectivity index (χ2v) is 6.35. The Morgan fingerprint density at radius 1 is 1.14 bits per heavy atom. The van der Waals surface area contributed by atoms with Gasteiger partial charge >= 0.3 is 6.09 Å². The van der Waals surface area contributed by atoms with Gasteiger partial charge in [-0.2, -0.15) is 0 Å². The molecule has 1 aliphatic heterocycles. The monoisotopic (exact) mass is 380 g/mol. The minimum atomic E-state index is -0.578. The number of nitrogen functional groups attached to an aromatic ring is 2. The van der Waals surface area contributed by atoms with Gasteiger partial charge in [-0.1, -0.05) is 6.07 Å². The summed E-state index contributed by atoms with van der Waals surface area (Å²) in [5, 5.41) is 0. The number of rotatable bonds is 4. The maximum atomic E-state index is 13.7. The van der Waals surface area contributed by atoms with E-state index >= 15 is 0 Å². The standard InChI is InChI=1S/C20H17FN4O3/c21-15-2-1-7-24-19(15)27-14-5-4-13-11-25(20(26)28-18(13)9-14)10-12-3-6-16(22)17(23)8-12/h1-9H,10-11,22-23H2. The van der Waals surface area contributed by atoms with Gasteiger partial charge in [0.25, 0.3) is 5.88 Å². The van der Waals surface area contributed by atoms with E-state index in [1.165, 1.54) is 18.3 Å². The molecule has 0 saturated heterocycles. The van der Waals surface area contributed by atoms with E-state index in [4.69, 9.17) is 20.9 Å². The summed E-state index contributed by atoms with van der Waals surface area (Å²) in [4.78, 5) is 17.8. The lowest BCUT2D eigenvalue weighted by Crippen LogP contribution is -2.36. The van der Waals surface area contributed by atoms with Gasteiger partial charge in [0.2, 0.25) is 0 Å². The maximum absolute atomic E-state index is 13.7. The molecule has 28 heavy (non-hydrogen) atoms. The Labute approximate surface area is 160 Å². The molecule has 8 heteroatoms. The number of benzene rings is 2. The van der Waals surface area contributed by atoms with Gasteiger partial charge in [-0.25, -0.2) is 14.2 Å². The lowest BCUT2D eigenvalue weighted by atomic mass is 10.1. The highest BCUT2D eigenvalue weighted by molar-refractivity contribution is 5.74. The molecule has 0 saturated carbocycles. The highest BCUT2D eigenvalue weighted by Crippen LogP contribution is 2.33. The van der Waals surface area contributed by atoms with Crippen molar-refractivity contribution in [3.05, 3.63) is 71.7 Å². The number of nitrogens with two attached hydrogens (primary N) is 2. The molecule has 0 radical (unpaired) electrons. The molecule has 0 unspecified atom stereocenters. The maximum Gasteiger partial charge on any atom is 0.415 e. The van der Waals surface area contributed by atoms with Crippen molar-refractivity contribution in [3.63, 3.8) is 0 Å². The molecule has 0 atom stereocenters. The molecule has 4 N–H and O–H groups in total. The van der Waals surface area contributed by atoms with Crippen molar-refractivity contribution < 1.29 is 18.7 Å². The Morgan fingerprint density at radius 3 is 2.79 bits per heavy atom. The molecular formula is C20H17FN4O3. The van der Waals surface area contributed by atoms with Crippen molar-refractivity contribution >= 4 is 17.5 Å². The van der Waals surface area contributed by atoms with Gasteiger partial charge in [-0.3, -0.25) is 4.90 Å². The van der Waals surface area contributed by atoms with Crippen LogP contribution in [0.25, 0.3) is 0 Å². The van der Waals surface area contributed by atoms with Crippen molar-refractivity contribution in [1.82, 2.24) is 9.88 Å². The Bertz CT molecular complexity index is 1060. The normalized spacial score (nSPS) is 13.0. The molecule has 0 fully saturated rings. The number of amides is 1. The minimum absolute atomic E-state index is 0.146. The first kappa shape index (κ1) is 17.6. The summed E-state index contributed by atoms with van der Waals surface area (Å²) in [7, 11) is 0. The number of pyridine rings is 1. The molecule has 0 spiro atoms. The van der Waals surface area contributed by atoms with Crippen LogP contribution in [0.4, 0.5) is 20.6 Å². The Morgan fingerprint density at radius 2 is 2.00 bits per heavy atom. The van der Waals surface area contributed by atoms with E-state index < -0.39 is 11.9 Å². The molecule has 0 bridgehead atoms. The van der Waals surface area contributed by atoms with E-state index in [9.17, 15) is 9.18 Å². The second-order valence-electron chi connectivity index (χ2n) is 6.35. The van der Waals surface area contributed by atoms with Crippen LogP contribution in [0.15, 0.2) is 54.7 Å². The summed E-state index contributed by atoms with van der Waals surface area (Å²) < 4.78 is 24.5. The van der Waals surface area contributed by atoms with Gasteiger partial charge in [-0.05, 0) is 42.0 Å². The van der Waals surface area contributed by atoms with Crippen LogP contribution in [0.3, 0.4) is 0 Å². The van der Waals surface area contributed by atoms with Gasteiger partial charge in [-0.15, -0.1) is 0 Å². The number of halogens is 1. The summed E-state index contributed by atoms with van der Waals surface area (Å²) >= 11 is 0. The number of carbonyl (C=O) groups excluding carboxylic acids is 1. The van der Waals surface area contributed by atoms with Gasteiger partial charge in [0.15, 0.2) is 5.82 Å². The summed E-state index contributed by atoms with van der Waals surface area (Å²) in [5.41, 5.74) is 14.1. The van der Waals surface area contributed by atoms with Crippen molar-refractivity contribution in [3.8, 4) is 17.4 Å². The van der Waals surface area contributed by atoms with Crippen molar-refractivity contribution in [2.45, 2.75) is 13.1 Å². The molecule has 2 heterocycles. The van der Waals surface area contributed by atoms with E-state index in [1.54, 1.807) is 35.2 Å². The molecule has 0 aliphatic carbocycles. The van der Waals surface area contributed by atoms with E-state index in [-0.39, 0.29) is 5.88 Å². The second kappa shape index (κ2) is 7.07. The number of hydrogen-bond donors (Lipinski definition) is 2. The van der Waals surface area contributed by atoms with Crippen molar-refractivity contribution in [2.24, 2.45) is 0 Å². The summed E-state index contributed by atoms with van der Waals surface area (Å²) in [5.74, 6) is -0.0332. The quantitative estimate of drug-likeness (QED) is 0.669. The van der Waals surface area contributed by atoms with Crippen LogP contribution >= 0.6 is 0 Å². The van der Waals surface area contributed by atoms with Gasteiger partial charge in [0.1, 0.15) is 11.5 Å². The first-order valence-electron chi connectivity index (χ1n) is 8.51. The van der Waals surface area contributed by atoms with Crippen LogP contribution in [0.1, 0.15) is 11.1 Å². The molecule has 142 valence electrons. The van der Waals surface area contributed by atoms with Crippen LogP contribution in [-0.4, -0.2) is 16.0 Å². The smallest absolute Gasteiger partial charge is 0.415 e. The largest absolute Gasteiger partial charge is 0.436 e. The first-order valence-corrected chi connectivity index (χ1v) is 8.51. The average molecular weight is 380 g/mol. The van der Waals surface area contributed by atoms with Gasteiger partial charge in [0.05, 0.1) is 17.9 Å². The molecule has 7 nitrogen and oxygen atoms in total. The van der Waals surface area contributed by atoms with Crippen LogP contribution in [0.2, 0.25) is 0 Å². The van der Waals surface area contributed by atoms with Crippen LogP contribution in [0, 0.1) is 5.82 Å². The molecule has 1 amide bonds. The predicted octanol–water partition coefficient (Wildman–Crippen LogP) is 3.69. The number of nitrogens with zero attached hydrogens (tertiary/aromatic N) is 2. The van der Waals surface area contributed by atoms with Gasteiger partial charge in [0, 0.05) is 24.4 Å².